The number of hydrogen-bond acceptors (Lipinski definition) is 7. The van der Waals surface area contributed by atoms with Gasteiger partial charge in [-0.05, 0) is 25.1 Å². The fourth-order valence-electron chi connectivity index (χ4n) is 1.92. The number of carboxylic acids is 1. The molecule has 0 aliphatic carbocycles. The van der Waals surface area contributed by atoms with Crippen LogP contribution in [0.5, 0.6) is 0 Å². The summed E-state index contributed by atoms with van der Waals surface area (Å²) in [6.07, 6.45) is 0. The summed E-state index contributed by atoms with van der Waals surface area (Å²) in [6, 6.07) is 3.34. The number of nitrogens with zero attached hydrogens (tertiary/aromatic N) is 3. The standard InChI is InChI=1S/C11H7N3O5S2/c1-5-12-11(20-13-5)14-9(15)7-3-2-6(10(16)17)4-8(7)21(14,18)19/h2-4H,1H3,(H,16,17). The SMILES string of the molecule is Cc1nsc(N2C(=O)c3ccc(C(=O)O)cc3S2(=O)=O)n1. The second kappa shape index (κ2) is 4.33. The molecule has 2 aromatic rings. The van der Waals surface area contributed by atoms with Crippen molar-refractivity contribution < 1.29 is 23.1 Å². The highest BCUT2D eigenvalue weighted by Gasteiger charge is 2.44. The predicted octanol–water partition coefficient (Wildman–Crippen LogP) is 0.894. The second-order valence-electron chi connectivity index (χ2n) is 4.21. The van der Waals surface area contributed by atoms with E-state index in [0.717, 1.165) is 17.6 Å². The molecule has 10 heteroatoms. The van der Waals surface area contributed by atoms with Gasteiger partial charge in [-0.15, -0.1) is 0 Å². The van der Waals surface area contributed by atoms with Crippen LogP contribution in [0.1, 0.15) is 26.5 Å². The maximum atomic E-state index is 12.4. The lowest BCUT2D eigenvalue weighted by Gasteiger charge is -2.09. The molecule has 1 aliphatic heterocycles. The van der Waals surface area contributed by atoms with Crippen molar-refractivity contribution in [1.29, 1.82) is 0 Å². The van der Waals surface area contributed by atoms with Crippen LogP contribution in [0, 0.1) is 6.92 Å². The minimum atomic E-state index is -4.16. The number of carboxylic acid groups (broad SMARTS) is 1. The highest BCUT2D eigenvalue weighted by molar-refractivity contribution is 7.94. The zero-order valence-electron chi connectivity index (χ0n) is 10.5. The molecule has 8 nitrogen and oxygen atoms in total. The molecule has 1 aromatic heterocycles. The van der Waals surface area contributed by atoms with Crippen LogP contribution in [-0.2, 0) is 10.0 Å². The van der Waals surface area contributed by atoms with Crippen LogP contribution < -0.4 is 4.31 Å². The van der Waals surface area contributed by atoms with Crippen molar-refractivity contribution >= 4 is 38.6 Å². The number of aryl methyl sites for hydroxylation is 1. The number of hydrogen-bond donors (Lipinski definition) is 1. The first-order valence-corrected chi connectivity index (χ1v) is 7.81. The molecular formula is C11H7N3O5S2. The third kappa shape index (κ3) is 1.91. The van der Waals surface area contributed by atoms with Gasteiger partial charge in [0.2, 0.25) is 5.13 Å². The third-order valence-corrected chi connectivity index (χ3v) is 5.47. The smallest absolute Gasteiger partial charge is 0.335 e. The highest BCUT2D eigenvalue weighted by atomic mass is 32.2. The molecule has 0 saturated carbocycles. The maximum absolute atomic E-state index is 12.4. The largest absolute Gasteiger partial charge is 0.478 e. The Bertz CT molecular complexity index is 887. The van der Waals surface area contributed by atoms with Crippen molar-refractivity contribution in [1.82, 2.24) is 9.36 Å². The number of carbonyl (C=O) groups is 2. The summed E-state index contributed by atoms with van der Waals surface area (Å²) in [7, 11) is -4.16. The van der Waals surface area contributed by atoms with Crippen molar-refractivity contribution in [2.75, 3.05) is 4.31 Å². The molecule has 3 rings (SSSR count). The monoisotopic (exact) mass is 325 g/mol. The van der Waals surface area contributed by atoms with Crippen molar-refractivity contribution in [3.8, 4) is 0 Å². The predicted molar refractivity (Wildman–Crippen MR) is 72.0 cm³/mol. The summed E-state index contributed by atoms with van der Waals surface area (Å²) in [4.78, 5) is 26.7. The Hall–Kier alpha value is -2.33. The Morgan fingerprint density at radius 3 is 2.67 bits per heavy atom. The van der Waals surface area contributed by atoms with Gasteiger partial charge in [-0.3, -0.25) is 4.79 Å². The fourth-order valence-corrected chi connectivity index (χ4v) is 4.37. The number of anilines is 1. The summed E-state index contributed by atoms with van der Waals surface area (Å²) in [5, 5.41) is 8.86. The first-order chi connectivity index (χ1) is 9.82. The van der Waals surface area contributed by atoms with E-state index in [4.69, 9.17) is 5.11 Å². The summed E-state index contributed by atoms with van der Waals surface area (Å²) in [5.41, 5.74) is -0.284. The van der Waals surface area contributed by atoms with Crippen molar-refractivity contribution in [3.63, 3.8) is 0 Å². The number of carbonyl (C=O) groups excluding carboxylic acids is 1. The Balaban J connectivity index is 2.21. The van der Waals surface area contributed by atoms with Gasteiger partial charge in [-0.1, -0.05) is 0 Å². The molecule has 1 aromatic carbocycles. The second-order valence-corrected chi connectivity index (χ2v) is 6.70. The maximum Gasteiger partial charge on any atom is 0.335 e. The van der Waals surface area contributed by atoms with E-state index in [2.05, 4.69) is 9.36 Å². The average molecular weight is 325 g/mol. The van der Waals surface area contributed by atoms with E-state index >= 15 is 0 Å². The number of aromatic carboxylic acids is 1. The van der Waals surface area contributed by atoms with Crippen molar-refractivity contribution in [3.05, 3.63) is 35.2 Å². The van der Waals surface area contributed by atoms with Crippen LogP contribution in [0.4, 0.5) is 5.13 Å². The Labute approximate surface area is 122 Å². The zero-order chi connectivity index (χ0) is 15.4. The van der Waals surface area contributed by atoms with Gasteiger partial charge in [0.25, 0.3) is 15.9 Å². The highest BCUT2D eigenvalue weighted by Crippen LogP contribution is 2.35. The van der Waals surface area contributed by atoms with Gasteiger partial charge in [0, 0.05) is 11.5 Å². The summed E-state index contributed by atoms with van der Waals surface area (Å²) in [5.74, 6) is -1.69. The molecule has 0 spiro atoms. The van der Waals surface area contributed by atoms with Gasteiger partial charge < -0.3 is 5.11 Å². The summed E-state index contributed by atoms with van der Waals surface area (Å²) in [6.45, 7) is 1.57. The molecule has 21 heavy (non-hydrogen) atoms. The fraction of sp³-hybridized carbons (Fsp3) is 0.0909. The quantitative estimate of drug-likeness (QED) is 0.871. The molecule has 2 heterocycles. The molecule has 0 bridgehead atoms. The van der Waals surface area contributed by atoms with Crippen LogP contribution in [0.2, 0.25) is 0 Å². The van der Waals surface area contributed by atoms with Gasteiger partial charge in [0.05, 0.1) is 11.1 Å². The molecule has 0 radical (unpaired) electrons. The van der Waals surface area contributed by atoms with Gasteiger partial charge in [0.15, 0.2) is 0 Å². The third-order valence-electron chi connectivity index (χ3n) is 2.85. The molecule has 1 N–H and O–H groups in total. The van der Waals surface area contributed by atoms with E-state index < -0.39 is 21.9 Å². The Morgan fingerprint density at radius 1 is 1.38 bits per heavy atom. The zero-order valence-corrected chi connectivity index (χ0v) is 12.1. The van der Waals surface area contributed by atoms with E-state index in [1.165, 1.54) is 12.1 Å². The number of rotatable bonds is 2. The lowest BCUT2D eigenvalue weighted by atomic mass is 10.1. The van der Waals surface area contributed by atoms with Crippen LogP contribution in [0.25, 0.3) is 0 Å². The van der Waals surface area contributed by atoms with Crippen molar-refractivity contribution in [2.45, 2.75) is 11.8 Å². The van der Waals surface area contributed by atoms with E-state index in [1.54, 1.807) is 6.92 Å². The number of benzene rings is 1. The Kier molecular flexibility index (Phi) is 2.81. The lowest BCUT2D eigenvalue weighted by molar-refractivity contribution is 0.0696. The molecule has 0 fully saturated rings. The summed E-state index contributed by atoms with van der Waals surface area (Å²) < 4.78 is 29.3. The van der Waals surface area contributed by atoms with Crippen LogP contribution in [0.3, 0.4) is 0 Å². The van der Waals surface area contributed by atoms with Gasteiger partial charge >= 0.3 is 5.97 Å². The normalized spacial score (nSPS) is 16.0. The molecule has 1 aliphatic rings. The number of fused-ring (bicyclic) bond motifs is 1. The van der Waals surface area contributed by atoms with Crippen LogP contribution >= 0.6 is 11.5 Å². The van der Waals surface area contributed by atoms with Crippen LogP contribution in [0.15, 0.2) is 23.1 Å². The molecule has 1 amide bonds. The first-order valence-electron chi connectivity index (χ1n) is 5.59. The van der Waals surface area contributed by atoms with Gasteiger partial charge in [0.1, 0.15) is 10.7 Å². The lowest BCUT2D eigenvalue weighted by Crippen LogP contribution is -2.29. The van der Waals surface area contributed by atoms with Gasteiger partial charge in [-0.25, -0.2) is 18.2 Å². The van der Waals surface area contributed by atoms with E-state index in [-0.39, 0.29) is 21.2 Å². The molecule has 108 valence electrons. The molecule has 0 unspecified atom stereocenters. The van der Waals surface area contributed by atoms with E-state index in [9.17, 15) is 18.0 Å². The number of aromatic nitrogens is 2. The minimum Gasteiger partial charge on any atom is -0.478 e. The topological polar surface area (TPSA) is 118 Å². The van der Waals surface area contributed by atoms with Crippen LogP contribution in [-0.4, -0.2) is 34.8 Å². The number of sulfonamides is 1. The summed E-state index contributed by atoms with van der Waals surface area (Å²) >= 11 is 0.782. The molecular weight excluding hydrogens is 318 g/mol. The minimum absolute atomic E-state index is 0.0643. The van der Waals surface area contributed by atoms with E-state index in [0.29, 0.717) is 10.1 Å². The Morgan fingerprint density at radius 2 is 2.10 bits per heavy atom. The molecule has 0 saturated heterocycles. The van der Waals surface area contributed by atoms with E-state index in [1.807, 2.05) is 0 Å². The first kappa shape index (κ1) is 13.6. The molecule has 0 atom stereocenters. The average Bonchev–Trinajstić information content (AvgIpc) is 2.90. The van der Waals surface area contributed by atoms with Gasteiger partial charge in [-0.2, -0.15) is 8.68 Å². The van der Waals surface area contributed by atoms with Crippen molar-refractivity contribution in [2.24, 2.45) is 0 Å². The number of amides is 1.